The number of hydrogen-bond acceptors (Lipinski definition) is 1. The summed E-state index contributed by atoms with van der Waals surface area (Å²) in [6, 6.07) is 10.1. The first-order valence-electron chi connectivity index (χ1n) is 5.82. The maximum atomic E-state index is 4.04. The maximum Gasteiger partial charge on any atom is 0.0768 e. The molecule has 1 aliphatic rings. The van der Waals surface area contributed by atoms with E-state index in [4.69, 9.17) is 0 Å². The first-order chi connectivity index (χ1) is 8.81. The highest BCUT2D eigenvalue weighted by molar-refractivity contribution is 5.52. The molecule has 2 rings (SSSR count). The number of benzene rings is 1. The minimum Gasteiger partial charge on any atom is -0.374 e. The molecule has 0 saturated heterocycles. The fraction of sp³-hybridized carbons (Fsp3) is 0.0588. The Kier molecular flexibility index (Phi) is 3.83. The molecule has 1 aliphatic carbocycles. The highest BCUT2D eigenvalue weighted by atomic mass is 14.9. The van der Waals surface area contributed by atoms with Crippen molar-refractivity contribution in [1.29, 1.82) is 0 Å². The van der Waals surface area contributed by atoms with E-state index in [1.807, 2.05) is 48.6 Å². The van der Waals surface area contributed by atoms with Crippen LogP contribution in [0.1, 0.15) is 0 Å². The van der Waals surface area contributed by atoms with Crippen LogP contribution in [0.3, 0.4) is 0 Å². The lowest BCUT2D eigenvalue weighted by atomic mass is 9.97. The third-order valence-electron chi connectivity index (χ3n) is 2.73. The molecule has 0 aliphatic heterocycles. The van der Waals surface area contributed by atoms with Gasteiger partial charge in [-0.3, -0.25) is 0 Å². The minimum absolute atomic E-state index is 0.00995. The van der Waals surface area contributed by atoms with Crippen molar-refractivity contribution in [2.45, 2.75) is 6.04 Å². The number of anilines is 1. The van der Waals surface area contributed by atoms with Crippen molar-refractivity contribution >= 4 is 5.69 Å². The molecule has 1 aromatic rings. The number of hydrogen-bond donors (Lipinski definition) is 1. The lowest BCUT2D eigenvalue weighted by molar-refractivity contribution is 1.01. The van der Waals surface area contributed by atoms with Crippen LogP contribution in [-0.4, -0.2) is 6.04 Å². The molecule has 0 spiro atoms. The van der Waals surface area contributed by atoms with E-state index in [9.17, 15) is 0 Å². The van der Waals surface area contributed by atoms with Gasteiger partial charge < -0.3 is 5.32 Å². The summed E-state index contributed by atoms with van der Waals surface area (Å²) in [6.07, 6.45) is 7.55. The van der Waals surface area contributed by atoms with Crippen molar-refractivity contribution in [3.8, 4) is 0 Å². The van der Waals surface area contributed by atoms with Gasteiger partial charge in [0.2, 0.25) is 0 Å². The molecule has 1 unspecified atom stereocenters. The van der Waals surface area contributed by atoms with E-state index < -0.39 is 0 Å². The van der Waals surface area contributed by atoms with Gasteiger partial charge in [0.15, 0.2) is 0 Å². The number of para-hydroxylation sites is 1. The number of nitrogens with one attached hydrogen (secondary N) is 1. The molecule has 1 heteroatoms. The van der Waals surface area contributed by atoms with Crippen LogP contribution in [-0.2, 0) is 0 Å². The van der Waals surface area contributed by atoms with Crippen LogP contribution in [0.15, 0.2) is 90.4 Å². The summed E-state index contributed by atoms with van der Waals surface area (Å²) >= 11 is 0. The van der Waals surface area contributed by atoms with Crippen LogP contribution in [0, 0.1) is 0 Å². The molecular formula is C17H15N. The van der Waals surface area contributed by atoms with Gasteiger partial charge in [0, 0.05) is 5.69 Å². The van der Waals surface area contributed by atoms with Crippen molar-refractivity contribution in [1.82, 2.24) is 0 Å². The monoisotopic (exact) mass is 233 g/mol. The number of rotatable bonds is 5. The summed E-state index contributed by atoms with van der Waals surface area (Å²) in [4.78, 5) is 0. The second kappa shape index (κ2) is 5.75. The maximum absolute atomic E-state index is 4.04. The van der Waals surface area contributed by atoms with Crippen molar-refractivity contribution in [3.05, 3.63) is 90.4 Å². The van der Waals surface area contributed by atoms with Crippen LogP contribution >= 0.6 is 0 Å². The van der Waals surface area contributed by atoms with Crippen LogP contribution in [0.2, 0.25) is 0 Å². The second-order valence-corrected chi connectivity index (χ2v) is 3.99. The smallest absolute Gasteiger partial charge is 0.0768 e. The quantitative estimate of drug-likeness (QED) is 0.598. The summed E-state index contributed by atoms with van der Waals surface area (Å²) in [5, 5.41) is 3.44. The van der Waals surface area contributed by atoms with Gasteiger partial charge in [-0.1, -0.05) is 48.9 Å². The zero-order chi connectivity index (χ0) is 12.8. The zero-order valence-electron chi connectivity index (χ0n) is 10.2. The van der Waals surface area contributed by atoms with E-state index in [1.165, 1.54) is 0 Å². The first kappa shape index (κ1) is 12.0. The van der Waals surface area contributed by atoms with Crippen LogP contribution in [0.25, 0.3) is 0 Å². The molecule has 0 radical (unpaired) electrons. The lowest BCUT2D eigenvalue weighted by Gasteiger charge is -2.21. The SMILES string of the molecule is C=CC(=C)C(Nc1ccccc1)C1=CC=C=C=C1. The lowest BCUT2D eigenvalue weighted by Crippen LogP contribution is -2.22. The van der Waals surface area contributed by atoms with Crippen molar-refractivity contribution in [2.75, 3.05) is 5.32 Å². The molecular weight excluding hydrogens is 218 g/mol. The van der Waals surface area contributed by atoms with Gasteiger partial charge in [-0.15, -0.1) is 0 Å². The largest absolute Gasteiger partial charge is 0.374 e. The van der Waals surface area contributed by atoms with Crippen molar-refractivity contribution < 1.29 is 0 Å². The van der Waals surface area contributed by atoms with Crippen molar-refractivity contribution in [2.24, 2.45) is 0 Å². The second-order valence-electron chi connectivity index (χ2n) is 3.99. The van der Waals surface area contributed by atoms with Crippen LogP contribution in [0.5, 0.6) is 0 Å². The first-order valence-corrected chi connectivity index (χ1v) is 5.82. The third-order valence-corrected chi connectivity index (χ3v) is 2.73. The molecule has 18 heavy (non-hydrogen) atoms. The van der Waals surface area contributed by atoms with Gasteiger partial charge in [-0.25, -0.2) is 0 Å². The Bertz CT molecular complexity index is 577. The Balaban J connectivity index is 2.24. The molecule has 1 N–H and O–H groups in total. The molecule has 0 heterocycles. The minimum atomic E-state index is 0.00995. The molecule has 0 bridgehead atoms. The van der Waals surface area contributed by atoms with E-state index in [0.717, 1.165) is 16.8 Å². The summed E-state index contributed by atoms with van der Waals surface area (Å²) in [5.41, 5.74) is 8.95. The molecule has 0 fully saturated rings. The molecule has 1 aromatic carbocycles. The van der Waals surface area contributed by atoms with Gasteiger partial charge in [0.1, 0.15) is 0 Å². The molecule has 0 amide bonds. The number of allylic oxidation sites excluding steroid dienone is 2. The summed E-state index contributed by atoms with van der Waals surface area (Å²) in [7, 11) is 0. The van der Waals surface area contributed by atoms with E-state index >= 15 is 0 Å². The fourth-order valence-electron chi connectivity index (χ4n) is 1.75. The Morgan fingerprint density at radius 3 is 2.61 bits per heavy atom. The predicted molar refractivity (Wildman–Crippen MR) is 77.4 cm³/mol. The van der Waals surface area contributed by atoms with Gasteiger partial charge >= 0.3 is 0 Å². The Morgan fingerprint density at radius 2 is 2.00 bits per heavy atom. The normalized spacial score (nSPS) is 13.9. The Morgan fingerprint density at radius 1 is 1.22 bits per heavy atom. The van der Waals surface area contributed by atoms with Gasteiger partial charge in [0.25, 0.3) is 0 Å². The van der Waals surface area contributed by atoms with E-state index in [0.29, 0.717) is 0 Å². The predicted octanol–water partition coefficient (Wildman–Crippen LogP) is 4.02. The average molecular weight is 233 g/mol. The highest BCUT2D eigenvalue weighted by Crippen LogP contribution is 2.20. The molecule has 1 atom stereocenters. The van der Waals surface area contributed by atoms with Crippen LogP contribution < -0.4 is 5.32 Å². The highest BCUT2D eigenvalue weighted by Gasteiger charge is 2.14. The van der Waals surface area contributed by atoms with Crippen LogP contribution in [0.4, 0.5) is 5.69 Å². The molecule has 1 nitrogen and oxygen atoms in total. The van der Waals surface area contributed by atoms with Gasteiger partial charge in [0.05, 0.1) is 6.04 Å². The Hall–Kier alpha value is -2.46. The van der Waals surface area contributed by atoms with Gasteiger partial charge in [-0.2, -0.15) is 0 Å². The average Bonchev–Trinajstić information content (AvgIpc) is 2.46. The molecule has 0 aromatic heterocycles. The standard InChI is InChI=1S/C17H15N/c1-3-14(2)17(15-10-6-4-7-11-15)18-16-12-8-5-9-13-16/h3,5-6,8-13,17-18H,1-2H2. The topological polar surface area (TPSA) is 12.0 Å². The van der Waals surface area contributed by atoms with Crippen molar-refractivity contribution in [3.63, 3.8) is 0 Å². The molecule has 88 valence electrons. The Labute approximate surface area is 108 Å². The van der Waals surface area contributed by atoms with E-state index in [2.05, 4.69) is 29.9 Å². The van der Waals surface area contributed by atoms with E-state index in [-0.39, 0.29) is 6.04 Å². The fourth-order valence-corrected chi connectivity index (χ4v) is 1.75. The molecule has 0 saturated carbocycles. The third kappa shape index (κ3) is 2.81. The van der Waals surface area contributed by atoms with E-state index in [1.54, 1.807) is 6.08 Å². The summed E-state index contributed by atoms with van der Waals surface area (Å²) in [5.74, 6) is 0. The summed E-state index contributed by atoms with van der Waals surface area (Å²) < 4.78 is 0. The summed E-state index contributed by atoms with van der Waals surface area (Å²) in [6.45, 7) is 7.83. The van der Waals surface area contributed by atoms with Gasteiger partial charge in [-0.05, 0) is 41.5 Å². The zero-order valence-corrected chi connectivity index (χ0v) is 10.2.